The number of para-hydroxylation sites is 1. The van der Waals surface area contributed by atoms with Crippen molar-refractivity contribution in [1.82, 2.24) is 4.98 Å². The summed E-state index contributed by atoms with van der Waals surface area (Å²) in [4.78, 5) is 3.62. The second kappa shape index (κ2) is 5.63. The van der Waals surface area contributed by atoms with Crippen LogP contribution < -0.4 is 11.1 Å². The average molecular weight is 295 g/mol. The van der Waals surface area contributed by atoms with Crippen molar-refractivity contribution in [2.45, 2.75) is 26.4 Å². The second-order valence-electron chi connectivity index (χ2n) is 4.74. The van der Waals surface area contributed by atoms with Gasteiger partial charge in [-0.1, -0.05) is 25.1 Å². The van der Waals surface area contributed by atoms with Crippen molar-refractivity contribution >= 4 is 17.2 Å². The first-order chi connectivity index (χ1) is 9.82. The number of anilines is 3. The van der Waals surface area contributed by atoms with E-state index in [9.17, 15) is 13.2 Å². The zero-order valence-corrected chi connectivity index (χ0v) is 11.8. The Morgan fingerprint density at radius 3 is 2.62 bits per heavy atom. The molecule has 112 valence electrons. The number of alkyl halides is 3. The van der Waals surface area contributed by atoms with Gasteiger partial charge in [0.05, 0.1) is 11.3 Å². The number of hydrogen-bond acceptors (Lipinski definition) is 3. The van der Waals surface area contributed by atoms with E-state index in [0.717, 1.165) is 35.5 Å². The first-order valence-electron chi connectivity index (χ1n) is 6.51. The van der Waals surface area contributed by atoms with E-state index in [-0.39, 0.29) is 11.5 Å². The minimum Gasteiger partial charge on any atom is -0.382 e. The molecule has 0 fully saturated rings. The number of aryl methyl sites for hydroxylation is 2. The Hall–Kier alpha value is -2.24. The van der Waals surface area contributed by atoms with Gasteiger partial charge in [0, 0.05) is 11.9 Å². The van der Waals surface area contributed by atoms with Crippen molar-refractivity contribution in [3.8, 4) is 0 Å². The smallest absolute Gasteiger partial charge is 0.382 e. The van der Waals surface area contributed by atoms with Gasteiger partial charge in [0.2, 0.25) is 0 Å². The van der Waals surface area contributed by atoms with E-state index in [1.807, 2.05) is 32.0 Å². The number of hydrogen-bond donors (Lipinski definition) is 2. The molecule has 6 heteroatoms. The van der Waals surface area contributed by atoms with Crippen molar-refractivity contribution in [2.75, 3.05) is 11.1 Å². The van der Waals surface area contributed by atoms with Gasteiger partial charge in [-0.2, -0.15) is 13.2 Å². The van der Waals surface area contributed by atoms with E-state index in [1.165, 1.54) is 0 Å². The maximum atomic E-state index is 12.8. The molecule has 1 aromatic heterocycles. The predicted octanol–water partition coefficient (Wildman–Crippen LogP) is 4.30. The molecule has 21 heavy (non-hydrogen) atoms. The van der Waals surface area contributed by atoms with Gasteiger partial charge in [-0.15, -0.1) is 0 Å². The van der Waals surface area contributed by atoms with Gasteiger partial charge in [-0.25, -0.2) is 4.98 Å². The Balaban J connectivity index is 2.45. The van der Waals surface area contributed by atoms with Crippen molar-refractivity contribution in [3.63, 3.8) is 0 Å². The number of nitrogens with one attached hydrogen (secondary N) is 1. The molecule has 1 aromatic carbocycles. The topological polar surface area (TPSA) is 50.9 Å². The third-order valence-electron chi connectivity index (χ3n) is 3.25. The second-order valence-corrected chi connectivity index (χ2v) is 4.74. The minimum atomic E-state index is -4.45. The highest BCUT2D eigenvalue weighted by Crippen LogP contribution is 2.34. The van der Waals surface area contributed by atoms with Gasteiger partial charge in [0.25, 0.3) is 0 Å². The molecular weight excluding hydrogens is 279 g/mol. The summed E-state index contributed by atoms with van der Waals surface area (Å²) in [6.45, 7) is 3.87. The van der Waals surface area contributed by atoms with E-state index < -0.39 is 11.7 Å². The summed E-state index contributed by atoms with van der Waals surface area (Å²) in [5.74, 6) is 0.0355. The minimum absolute atomic E-state index is 0.0355. The highest BCUT2D eigenvalue weighted by molar-refractivity contribution is 5.74. The van der Waals surface area contributed by atoms with Gasteiger partial charge in [0.1, 0.15) is 5.82 Å². The summed E-state index contributed by atoms with van der Waals surface area (Å²) in [7, 11) is 0. The predicted molar refractivity (Wildman–Crippen MR) is 77.5 cm³/mol. The van der Waals surface area contributed by atoms with Crippen LogP contribution in [0.5, 0.6) is 0 Å². The van der Waals surface area contributed by atoms with Crippen molar-refractivity contribution in [1.29, 1.82) is 0 Å². The zero-order valence-electron chi connectivity index (χ0n) is 11.8. The number of rotatable bonds is 3. The molecule has 0 radical (unpaired) electrons. The van der Waals surface area contributed by atoms with Crippen LogP contribution in [-0.4, -0.2) is 4.98 Å². The normalized spacial score (nSPS) is 11.5. The summed E-state index contributed by atoms with van der Waals surface area (Å²) in [5.41, 5.74) is 7.73. The molecule has 0 bridgehead atoms. The van der Waals surface area contributed by atoms with Crippen molar-refractivity contribution in [2.24, 2.45) is 0 Å². The number of nitrogen functional groups attached to an aromatic ring is 1. The molecule has 0 atom stereocenters. The first-order valence-corrected chi connectivity index (χ1v) is 6.51. The lowest BCUT2D eigenvalue weighted by Crippen LogP contribution is -2.09. The molecule has 0 saturated carbocycles. The van der Waals surface area contributed by atoms with Gasteiger partial charge < -0.3 is 11.1 Å². The van der Waals surface area contributed by atoms with E-state index in [1.54, 1.807) is 0 Å². The molecule has 0 spiro atoms. The molecule has 1 heterocycles. The lowest BCUT2D eigenvalue weighted by Gasteiger charge is -2.16. The molecule has 0 aliphatic rings. The Kier molecular flexibility index (Phi) is 4.06. The van der Waals surface area contributed by atoms with Crippen LogP contribution in [0.3, 0.4) is 0 Å². The average Bonchev–Trinajstić information content (AvgIpc) is 2.41. The number of pyridine rings is 1. The van der Waals surface area contributed by atoms with Crippen LogP contribution in [0.15, 0.2) is 30.5 Å². The Bertz CT molecular complexity index is 651. The lowest BCUT2D eigenvalue weighted by molar-refractivity contribution is -0.137. The monoisotopic (exact) mass is 295 g/mol. The fourth-order valence-corrected chi connectivity index (χ4v) is 2.07. The Morgan fingerprint density at radius 1 is 1.29 bits per heavy atom. The number of nitrogens with zero attached hydrogens (tertiary/aromatic N) is 1. The quantitative estimate of drug-likeness (QED) is 0.887. The highest BCUT2D eigenvalue weighted by Gasteiger charge is 2.31. The maximum absolute atomic E-state index is 12.8. The molecule has 0 saturated heterocycles. The first kappa shape index (κ1) is 15.2. The molecule has 2 aromatic rings. The summed E-state index contributed by atoms with van der Waals surface area (Å²) >= 11 is 0. The fraction of sp³-hybridized carbons (Fsp3) is 0.267. The van der Waals surface area contributed by atoms with Gasteiger partial charge in [0.15, 0.2) is 0 Å². The summed E-state index contributed by atoms with van der Waals surface area (Å²) in [6.07, 6.45) is -2.95. The molecule has 0 amide bonds. The third-order valence-corrected chi connectivity index (χ3v) is 3.25. The SMILES string of the molecule is CCc1cccc(C)c1Nc1cc(C(F)(F)F)cnc1N. The van der Waals surface area contributed by atoms with Crippen LogP contribution in [0.4, 0.5) is 30.4 Å². The fourth-order valence-electron chi connectivity index (χ4n) is 2.07. The van der Waals surface area contributed by atoms with E-state index >= 15 is 0 Å². The molecule has 0 aliphatic carbocycles. The Morgan fingerprint density at radius 2 is 2.00 bits per heavy atom. The van der Waals surface area contributed by atoms with Crippen LogP contribution in [0, 0.1) is 6.92 Å². The zero-order chi connectivity index (χ0) is 15.6. The maximum Gasteiger partial charge on any atom is 0.417 e. The highest BCUT2D eigenvalue weighted by atomic mass is 19.4. The third kappa shape index (κ3) is 3.26. The van der Waals surface area contributed by atoms with Crippen molar-refractivity contribution in [3.05, 3.63) is 47.2 Å². The number of halogens is 3. The Labute approximate surface area is 121 Å². The van der Waals surface area contributed by atoms with Gasteiger partial charge in [-0.3, -0.25) is 0 Å². The van der Waals surface area contributed by atoms with Crippen LogP contribution in [0.25, 0.3) is 0 Å². The largest absolute Gasteiger partial charge is 0.417 e. The molecule has 3 N–H and O–H groups in total. The molecule has 0 unspecified atom stereocenters. The number of nitrogens with two attached hydrogens (primary N) is 1. The van der Waals surface area contributed by atoms with Gasteiger partial charge in [-0.05, 0) is 30.5 Å². The summed E-state index contributed by atoms with van der Waals surface area (Å²) in [5, 5.41) is 2.98. The van der Waals surface area contributed by atoms with Gasteiger partial charge >= 0.3 is 6.18 Å². The standard InChI is InChI=1S/C15H16F3N3/c1-3-10-6-4-5-9(2)13(10)21-12-7-11(15(16,17)18)8-20-14(12)19/h4-8,21H,3H2,1-2H3,(H2,19,20). The summed E-state index contributed by atoms with van der Waals surface area (Å²) < 4.78 is 38.3. The van der Waals surface area contributed by atoms with E-state index in [2.05, 4.69) is 10.3 Å². The molecular formula is C15H16F3N3. The number of aromatic nitrogens is 1. The van der Waals surface area contributed by atoms with Crippen LogP contribution in [-0.2, 0) is 12.6 Å². The van der Waals surface area contributed by atoms with Crippen LogP contribution in [0.1, 0.15) is 23.6 Å². The van der Waals surface area contributed by atoms with E-state index in [0.29, 0.717) is 0 Å². The molecule has 0 aliphatic heterocycles. The number of benzene rings is 1. The summed E-state index contributed by atoms with van der Waals surface area (Å²) in [6, 6.07) is 6.70. The van der Waals surface area contributed by atoms with Crippen LogP contribution in [0.2, 0.25) is 0 Å². The van der Waals surface area contributed by atoms with E-state index in [4.69, 9.17) is 5.73 Å². The van der Waals surface area contributed by atoms with Crippen LogP contribution >= 0.6 is 0 Å². The lowest BCUT2D eigenvalue weighted by atomic mass is 10.1. The molecule has 2 rings (SSSR count). The van der Waals surface area contributed by atoms with Crippen molar-refractivity contribution < 1.29 is 13.2 Å². The molecule has 3 nitrogen and oxygen atoms in total.